The molecule has 2 N–H and O–H groups in total. The van der Waals surface area contributed by atoms with Crippen molar-refractivity contribution in [3.63, 3.8) is 0 Å². The third-order valence-electron chi connectivity index (χ3n) is 3.07. The molecule has 0 aliphatic carbocycles. The lowest BCUT2D eigenvalue weighted by atomic mass is 10.1. The molecule has 1 aliphatic rings. The summed E-state index contributed by atoms with van der Waals surface area (Å²) in [6.07, 6.45) is 3.29. The number of amides is 1. The van der Waals surface area contributed by atoms with Crippen LogP contribution >= 0.6 is 15.9 Å². The van der Waals surface area contributed by atoms with Gasteiger partial charge in [0.15, 0.2) is 0 Å². The number of rotatable bonds is 4. The molecule has 1 amide bonds. The summed E-state index contributed by atoms with van der Waals surface area (Å²) in [4.78, 5) is 11.8. The van der Waals surface area contributed by atoms with E-state index in [1.807, 2.05) is 0 Å². The van der Waals surface area contributed by atoms with Crippen molar-refractivity contribution in [3.05, 3.63) is 34.1 Å². The number of benzene rings is 1. The van der Waals surface area contributed by atoms with Crippen molar-refractivity contribution in [2.45, 2.75) is 25.3 Å². The Hall–Kier alpha value is -0.940. The average molecular weight is 315 g/mol. The van der Waals surface area contributed by atoms with E-state index >= 15 is 0 Å². The molecule has 1 aromatic carbocycles. The van der Waals surface area contributed by atoms with Gasteiger partial charge in [0, 0.05) is 22.6 Å². The molecule has 0 bridgehead atoms. The lowest BCUT2D eigenvalue weighted by Crippen LogP contribution is -2.30. The minimum atomic E-state index is -0.410. The number of nitrogens with one attached hydrogen (secondary N) is 2. The van der Waals surface area contributed by atoms with E-state index in [-0.39, 0.29) is 5.91 Å². The Morgan fingerprint density at radius 2 is 2.33 bits per heavy atom. The van der Waals surface area contributed by atoms with Crippen LogP contribution in [0.4, 0.5) is 4.39 Å². The second-order valence-electron chi connectivity index (χ2n) is 4.50. The number of carbonyl (C=O) groups is 1. The van der Waals surface area contributed by atoms with E-state index in [1.165, 1.54) is 25.0 Å². The van der Waals surface area contributed by atoms with Gasteiger partial charge in [-0.05, 0) is 44.0 Å². The Morgan fingerprint density at radius 3 is 3.00 bits per heavy atom. The summed E-state index contributed by atoms with van der Waals surface area (Å²) in [5.41, 5.74) is 0.348. The van der Waals surface area contributed by atoms with Gasteiger partial charge in [-0.15, -0.1) is 0 Å². The minimum Gasteiger partial charge on any atom is -0.352 e. The zero-order chi connectivity index (χ0) is 13.0. The van der Waals surface area contributed by atoms with Gasteiger partial charge >= 0.3 is 0 Å². The fourth-order valence-electron chi connectivity index (χ4n) is 2.15. The number of hydrogen-bond acceptors (Lipinski definition) is 2. The van der Waals surface area contributed by atoms with E-state index in [4.69, 9.17) is 0 Å². The van der Waals surface area contributed by atoms with Crippen LogP contribution in [0.25, 0.3) is 0 Å². The van der Waals surface area contributed by atoms with Crippen LogP contribution in [0.5, 0.6) is 0 Å². The topological polar surface area (TPSA) is 41.1 Å². The molecule has 0 saturated carbocycles. The molecule has 0 radical (unpaired) electrons. The lowest BCUT2D eigenvalue weighted by molar-refractivity contribution is 0.0952. The summed E-state index contributed by atoms with van der Waals surface area (Å²) in [5.74, 6) is -0.639. The van der Waals surface area contributed by atoms with E-state index in [0.717, 1.165) is 13.0 Å². The molecule has 3 nitrogen and oxygen atoms in total. The zero-order valence-corrected chi connectivity index (χ0v) is 11.6. The fourth-order valence-corrected chi connectivity index (χ4v) is 2.62. The van der Waals surface area contributed by atoms with Crippen LogP contribution in [0.2, 0.25) is 0 Å². The molecule has 1 atom stereocenters. The highest BCUT2D eigenvalue weighted by molar-refractivity contribution is 9.10. The van der Waals surface area contributed by atoms with Crippen molar-refractivity contribution >= 4 is 21.8 Å². The molecule has 18 heavy (non-hydrogen) atoms. The van der Waals surface area contributed by atoms with Crippen LogP contribution in [0.1, 0.15) is 29.6 Å². The van der Waals surface area contributed by atoms with Gasteiger partial charge in [0.25, 0.3) is 5.91 Å². The van der Waals surface area contributed by atoms with Crippen LogP contribution in [0, 0.1) is 5.82 Å². The lowest BCUT2D eigenvalue weighted by Gasteiger charge is -2.11. The van der Waals surface area contributed by atoms with Gasteiger partial charge in [0.1, 0.15) is 5.82 Å². The smallest absolute Gasteiger partial charge is 0.251 e. The van der Waals surface area contributed by atoms with Crippen LogP contribution in [0.15, 0.2) is 22.7 Å². The Bertz CT molecular complexity index is 413. The maximum absolute atomic E-state index is 13.1. The SMILES string of the molecule is O=C(NCC[C@@H]1CCCN1)c1cc(F)cc(Br)c1. The highest BCUT2D eigenvalue weighted by Crippen LogP contribution is 2.15. The van der Waals surface area contributed by atoms with Crippen molar-refractivity contribution in [2.24, 2.45) is 0 Å². The molecule has 0 aromatic heterocycles. The molecule has 98 valence electrons. The third-order valence-corrected chi connectivity index (χ3v) is 3.52. The largest absolute Gasteiger partial charge is 0.352 e. The van der Waals surface area contributed by atoms with E-state index in [2.05, 4.69) is 26.6 Å². The van der Waals surface area contributed by atoms with Gasteiger partial charge in [-0.3, -0.25) is 4.79 Å². The summed E-state index contributed by atoms with van der Waals surface area (Å²) in [7, 11) is 0. The van der Waals surface area contributed by atoms with E-state index < -0.39 is 5.82 Å². The van der Waals surface area contributed by atoms with Gasteiger partial charge in [-0.25, -0.2) is 4.39 Å². The summed E-state index contributed by atoms with van der Waals surface area (Å²) in [6, 6.07) is 4.70. The zero-order valence-electron chi connectivity index (χ0n) is 10.0. The molecule has 1 aromatic rings. The molecule has 0 spiro atoms. The second-order valence-corrected chi connectivity index (χ2v) is 5.41. The molecule has 1 heterocycles. The number of halogens is 2. The number of carbonyl (C=O) groups excluding carboxylic acids is 1. The predicted octanol–water partition coefficient (Wildman–Crippen LogP) is 2.46. The summed E-state index contributed by atoms with van der Waals surface area (Å²) in [5, 5.41) is 6.18. The van der Waals surface area contributed by atoms with Crippen molar-refractivity contribution in [3.8, 4) is 0 Å². The minimum absolute atomic E-state index is 0.229. The quantitative estimate of drug-likeness (QED) is 0.896. The number of hydrogen-bond donors (Lipinski definition) is 2. The molecule has 1 saturated heterocycles. The van der Waals surface area contributed by atoms with Crippen molar-refractivity contribution in [1.82, 2.24) is 10.6 Å². The molecule has 1 fully saturated rings. The first-order valence-electron chi connectivity index (χ1n) is 6.13. The first kappa shape index (κ1) is 13.5. The van der Waals surface area contributed by atoms with E-state index in [1.54, 1.807) is 6.07 Å². The molecular formula is C13H16BrFN2O. The van der Waals surface area contributed by atoms with Crippen molar-refractivity contribution in [2.75, 3.05) is 13.1 Å². The summed E-state index contributed by atoms with van der Waals surface area (Å²) in [6.45, 7) is 1.68. The van der Waals surface area contributed by atoms with Gasteiger partial charge < -0.3 is 10.6 Å². The van der Waals surface area contributed by atoms with Gasteiger partial charge in [-0.2, -0.15) is 0 Å². The Kier molecular flexibility index (Phi) is 4.72. The first-order valence-corrected chi connectivity index (χ1v) is 6.92. The standard InChI is InChI=1S/C13H16BrFN2O/c14-10-6-9(7-11(15)8-10)13(18)17-5-3-12-2-1-4-16-12/h6-8,12,16H,1-5H2,(H,17,18)/t12-/m0/s1. The normalized spacial score (nSPS) is 18.9. The fraction of sp³-hybridized carbons (Fsp3) is 0.462. The Morgan fingerprint density at radius 1 is 1.50 bits per heavy atom. The maximum Gasteiger partial charge on any atom is 0.251 e. The van der Waals surface area contributed by atoms with E-state index in [0.29, 0.717) is 22.6 Å². The summed E-state index contributed by atoms with van der Waals surface area (Å²) >= 11 is 3.17. The third kappa shape index (κ3) is 3.78. The van der Waals surface area contributed by atoms with E-state index in [9.17, 15) is 9.18 Å². The average Bonchev–Trinajstić information content (AvgIpc) is 2.80. The maximum atomic E-state index is 13.1. The van der Waals surface area contributed by atoms with Gasteiger partial charge in [-0.1, -0.05) is 15.9 Å². The second kappa shape index (κ2) is 6.29. The molecule has 0 unspecified atom stereocenters. The van der Waals surface area contributed by atoms with Crippen molar-refractivity contribution in [1.29, 1.82) is 0 Å². The molecule has 5 heteroatoms. The molecule has 1 aliphatic heterocycles. The highest BCUT2D eigenvalue weighted by atomic mass is 79.9. The predicted molar refractivity (Wildman–Crippen MR) is 72.1 cm³/mol. The van der Waals surface area contributed by atoms with Gasteiger partial charge in [0.2, 0.25) is 0 Å². The van der Waals surface area contributed by atoms with Crippen LogP contribution in [0.3, 0.4) is 0 Å². The van der Waals surface area contributed by atoms with Crippen LogP contribution < -0.4 is 10.6 Å². The van der Waals surface area contributed by atoms with Crippen LogP contribution in [-0.2, 0) is 0 Å². The monoisotopic (exact) mass is 314 g/mol. The van der Waals surface area contributed by atoms with Crippen molar-refractivity contribution < 1.29 is 9.18 Å². The summed E-state index contributed by atoms with van der Waals surface area (Å²) < 4.78 is 13.7. The molecule has 2 rings (SSSR count). The molecular weight excluding hydrogens is 299 g/mol. The highest BCUT2D eigenvalue weighted by Gasteiger charge is 2.14. The van der Waals surface area contributed by atoms with Gasteiger partial charge in [0.05, 0.1) is 0 Å². The van der Waals surface area contributed by atoms with Crippen LogP contribution in [-0.4, -0.2) is 25.0 Å². The Balaban J connectivity index is 1.83. The first-order chi connectivity index (χ1) is 8.65. The Labute approximate surface area is 114 Å².